The summed E-state index contributed by atoms with van der Waals surface area (Å²) >= 11 is 1.76. The molecule has 0 saturated heterocycles. The maximum absolute atomic E-state index is 5.19. The van der Waals surface area contributed by atoms with Crippen molar-refractivity contribution in [1.29, 1.82) is 0 Å². The molecule has 210 valence electrons. The molecule has 9 rings (SSSR count). The molecule has 0 amide bonds. The summed E-state index contributed by atoms with van der Waals surface area (Å²) in [7, 11) is 0. The molecule has 0 bridgehead atoms. The number of fused-ring (bicyclic) bond motifs is 6. The Morgan fingerprint density at radius 3 is 1.80 bits per heavy atom. The molecule has 0 aliphatic carbocycles. The number of benzene rings is 7. The third kappa shape index (κ3) is 4.48. The first-order valence-electron chi connectivity index (χ1n) is 15.2. The molecule has 0 unspecified atom stereocenters. The Morgan fingerprint density at radius 1 is 0.378 bits per heavy atom. The lowest BCUT2D eigenvalue weighted by Crippen LogP contribution is -1.94. The van der Waals surface area contributed by atoms with Gasteiger partial charge >= 0.3 is 0 Å². The number of thiophene rings is 1. The van der Waals surface area contributed by atoms with E-state index in [9.17, 15) is 0 Å². The molecule has 0 aliphatic rings. The molecule has 0 aliphatic heterocycles. The van der Waals surface area contributed by atoms with Crippen LogP contribution in [-0.2, 0) is 0 Å². The monoisotopic (exact) mass is 590 g/mol. The Kier molecular flexibility index (Phi) is 6.03. The Bertz CT molecular complexity index is 2550. The highest BCUT2D eigenvalue weighted by atomic mass is 32.1. The summed E-state index contributed by atoms with van der Waals surface area (Å²) in [5, 5.41) is 6.27. The fraction of sp³-hybridized carbons (Fsp3) is 0. The van der Waals surface area contributed by atoms with Crippen molar-refractivity contribution >= 4 is 53.2 Å². The van der Waals surface area contributed by atoms with E-state index < -0.39 is 0 Å². The van der Waals surface area contributed by atoms with E-state index in [2.05, 4.69) is 152 Å². The summed E-state index contributed by atoms with van der Waals surface area (Å²) in [4.78, 5) is 10.4. The zero-order valence-electron chi connectivity index (χ0n) is 24.3. The highest BCUT2D eigenvalue weighted by Crippen LogP contribution is 2.40. The highest BCUT2D eigenvalue weighted by Gasteiger charge is 2.17. The number of hydrogen-bond acceptors (Lipinski definition) is 3. The third-order valence-electron chi connectivity index (χ3n) is 8.66. The molecule has 0 fully saturated rings. The Hall–Kier alpha value is -5.64. The summed E-state index contributed by atoms with van der Waals surface area (Å²) < 4.78 is 2.35. The number of nitrogens with zero attached hydrogens (tertiary/aromatic N) is 2. The molecular weight excluding hydrogens is 565 g/mol. The van der Waals surface area contributed by atoms with Gasteiger partial charge in [0, 0.05) is 21.2 Å². The van der Waals surface area contributed by atoms with E-state index in [1.54, 1.807) is 11.3 Å². The lowest BCUT2D eigenvalue weighted by Gasteiger charge is -2.11. The van der Waals surface area contributed by atoms with Gasteiger partial charge in [-0.25, -0.2) is 9.97 Å². The van der Waals surface area contributed by atoms with E-state index in [4.69, 9.17) is 9.97 Å². The number of aromatic nitrogens is 2. The SMILES string of the molecule is c1ccc(-c2nc(-c3cccc(-c4cccc(-c5ccc6c(ccc7ccccc76)c5)c4)c3)nc3c2sc2ccccc23)cc1. The van der Waals surface area contributed by atoms with Gasteiger partial charge in [0.1, 0.15) is 0 Å². The molecule has 0 N–H and O–H groups in total. The standard InChI is InChI=1S/C42H26N2S/c1-2-11-28(12-3-1)39-41-40(37-18-6-7-19-38(37)45-41)44-42(43-39)34-16-9-15-31(26-34)29-13-8-14-30(24-29)32-22-23-36-33(25-32)21-20-27-10-4-5-17-35(27)36/h1-26H. The summed E-state index contributed by atoms with van der Waals surface area (Å²) in [6.07, 6.45) is 0. The highest BCUT2D eigenvalue weighted by molar-refractivity contribution is 7.26. The first-order chi connectivity index (χ1) is 22.3. The average Bonchev–Trinajstić information content (AvgIpc) is 3.50. The molecular formula is C42H26N2S. The minimum atomic E-state index is 0.740. The summed E-state index contributed by atoms with van der Waals surface area (Å²) in [5.41, 5.74) is 8.81. The van der Waals surface area contributed by atoms with Crippen molar-refractivity contribution in [3.8, 4) is 44.9 Å². The smallest absolute Gasteiger partial charge is 0.160 e. The quantitative estimate of drug-likeness (QED) is 0.191. The summed E-state index contributed by atoms with van der Waals surface area (Å²) in [6.45, 7) is 0. The van der Waals surface area contributed by atoms with Gasteiger partial charge in [0.15, 0.2) is 5.82 Å². The second-order valence-corrected chi connectivity index (χ2v) is 12.5. The average molecular weight is 591 g/mol. The molecule has 0 spiro atoms. The van der Waals surface area contributed by atoms with E-state index in [1.165, 1.54) is 48.3 Å². The second-order valence-electron chi connectivity index (χ2n) is 11.4. The van der Waals surface area contributed by atoms with Crippen molar-refractivity contribution in [1.82, 2.24) is 9.97 Å². The van der Waals surface area contributed by atoms with Gasteiger partial charge in [-0.1, -0.05) is 133 Å². The number of rotatable bonds is 4. The van der Waals surface area contributed by atoms with Crippen molar-refractivity contribution < 1.29 is 0 Å². The molecule has 2 aromatic heterocycles. The van der Waals surface area contributed by atoms with Crippen LogP contribution in [0, 0.1) is 0 Å². The van der Waals surface area contributed by atoms with E-state index in [0.717, 1.165) is 38.4 Å². The molecule has 3 heteroatoms. The molecule has 0 saturated carbocycles. The Labute approximate surface area is 264 Å². The van der Waals surface area contributed by atoms with Crippen molar-refractivity contribution in [2.45, 2.75) is 0 Å². The Morgan fingerprint density at radius 2 is 0.978 bits per heavy atom. The molecule has 0 atom stereocenters. The van der Waals surface area contributed by atoms with E-state index in [1.807, 2.05) is 6.07 Å². The van der Waals surface area contributed by atoms with E-state index in [-0.39, 0.29) is 0 Å². The maximum atomic E-state index is 5.19. The van der Waals surface area contributed by atoms with Gasteiger partial charge in [-0.15, -0.1) is 11.3 Å². The predicted octanol–water partition coefficient (Wildman–Crippen LogP) is 11.8. The van der Waals surface area contributed by atoms with Crippen LogP contribution in [0.3, 0.4) is 0 Å². The van der Waals surface area contributed by atoms with Crippen LogP contribution in [-0.4, -0.2) is 9.97 Å². The summed E-state index contributed by atoms with van der Waals surface area (Å²) in [6, 6.07) is 56.2. The summed E-state index contributed by atoms with van der Waals surface area (Å²) in [5.74, 6) is 0.740. The first kappa shape index (κ1) is 25.8. The fourth-order valence-corrected chi connectivity index (χ4v) is 7.57. The first-order valence-corrected chi connectivity index (χ1v) is 16.0. The van der Waals surface area contributed by atoms with Crippen LogP contribution in [0.4, 0.5) is 0 Å². The second kappa shape index (κ2) is 10.5. The van der Waals surface area contributed by atoms with Gasteiger partial charge in [-0.3, -0.25) is 0 Å². The minimum absolute atomic E-state index is 0.740. The van der Waals surface area contributed by atoms with Crippen molar-refractivity contribution in [3.05, 3.63) is 158 Å². The largest absolute Gasteiger partial charge is 0.226 e. The lowest BCUT2D eigenvalue weighted by atomic mass is 9.95. The van der Waals surface area contributed by atoms with Crippen molar-refractivity contribution in [3.63, 3.8) is 0 Å². The molecule has 2 heterocycles. The van der Waals surface area contributed by atoms with Crippen LogP contribution in [0.15, 0.2) is 158 Å². The molecule has 45 heavy (non-hydrogen) atoms. The van der Waals surface area contributed by atoms with Crippen LogP contribution < -0.4 is 0 Å². The molecule has 2 nitrogen and oxygen atoms in total. The van der Waals surface area contributed by atoms with Crippen LogP contribution in [0.5, 0.6) is 0 Å². The third-order valence-corrected chi connectivity index (χ3v) is 9.83. The predicted molar refractivity (Wildman–Crippen MR) is 192 cm³/mol. The van der Waals surface area contributed by atoms with Crippen molar-refractivity contribution in [2.24, 2.45) is 0 Å². The van der Waals surface area contributed by atoms with Crippen LogP contribution in [0.2, 0.25) is 0 Å². The maximum Gasteiger partial charge on any atom is 0.160 e. The van der Waals surface area contributed by atoms with Gasteiger partial charge < -0.3 is 0 Å². The zero-order chi connectivity index (χ0) is 29.7. The van der Waals surface area contributed by atoms with Gasteiger partial charge in [-0.05, 0) is 68.1 Å². The Balaban J connectivity index is 1.14. The minimum Gasteiger partial charge on any atom is -0.226 e. The van der Waals surface area contributed by atoms with E-state index in [0.29, 0.717) is 0 Å². The van der Waals surface area contributed by atoms with Gasteiger partial charge in [0.05, 0.1) is 15.9 Å². The number of hydrogen-bond donors (Lipinski definition) is 0. The van der Waals surface area contributed by atoms with Crippen molar-refractivity contribution in [2.75, 3.05) is 0 Å². The molecule has 7 aromatic carbocycles. The normalized spacial score (nSPS) is 11.6. The lowest BCUT2D eigenvalue weighted by molar-refractivity contribution is 1.24. The topological polar surface area (TPSA) is 25.8 Å². The van der Waals surface area contributed by atoms with Crippen LogP contribution in [0.25, 0.3) is 86.7 Å². The molecule has 9 aromatic rings. The van der Waals surface area contributed by atoms with E-state index >= 15 is 0 Å². The van der Waals surface area contributed by atoms with Crippen LogP contribution >= 0.6 is 11.3 Å². The fourth-order valence-electron chi connectivity index (χ4n) is 6.42. The van der Waals surface area contributed by atoms with Gasteiger partial charge in [-0.2, -0.15) is 0 Å². The van der Waals surface area contributed by atoms with Crippen LogP contribution in [0.1, 0.15) is 0 Å². The van der Waals surface area contributed by atoms with Gasteiger partial charge in [0.2, 0.25) is 0 Å². The zero-order valence-corrected chi connectivity index (χ0v) is 25.1. The molecule has 0 radical (unpaired) electrons. The van der Waals surface area contributed by atoms with Gasteiger partial charge in [0.25, 0.3) is 0 Å².